The maximum Gasteiger partial charge on any atom is 0.340 e. The van der Waals surface area contributed by atoms with E-state index in [1.54, 1.807) is 30.3 Å². The highest BCUT2D eigenvalue weighted by Gasteiger charge is 2.19. The highest BCUT2D eigenvalue weighted by atomic mass is 35.5. The minimum Gasteiger partial charge on any atom is -0.350 e. The van der Waals surface area contributed by atoms with Gasteiger partial charge in [-0.25, -0.2) is 17.6 Å². The van der Waals surface area contributed by atoms with Gasteiger partial charge in [-0.1, -0.05) is 41.9 Å². The zero-order valence-corrected chi connectivity index (χ0v) is 16.7. The summed E-state index contributed by atoms with van der Waals surface area (Å²) in [5.41, 5.74) is 6.07. The second-order valence-corrected chi connectivity index (χ2v) is 8.36. The highest BCUT2D eigenvalue weighted by Crippen LogP contribution is 2.30. The summed E-state index contributed by atoms with van der Waals surface area (Å²) in [6.07, 6.45) is 2.53. The first-order chi connectivity index (χ1) is 14.3. The van der Waals surface area contributed by atoms with Crippen molar-refractivity contribution in [1.82, 2.24) is 9.78 Å². The second-order valence-electron chi connectivity index (χ2n) is 6.30. The van der Waals surface area contributed by atoms with Gasteiger partial charge in [0.05, 0.1) is 5.02 Å². The van der Waals surface area contributed by atoms with Crippen LogP contribution in [0.2, 0.25) is 5.02 Å². The number of carbonyl (C=O) groups is 1. The van der Waals surface area contributed by atoms with E-state index >= 15 is 4.39 Å². The van der Waals surface area contributed by atoms with Gasteiger partial charge in [0.1, 0.15) is 16.6 Å². The van der Waals surface area contributed by atoms with Crippen molar-refractivity contribution < 1.29 is 17.6 Å². The first-order valence-electron chi connectivity index (χ1n) is 8.54. The Morgan fingerprint density at radius 2 is 1.80 bits per heavy atom. The van der Waals surface area contributed by atoms with Crippen LogP contribution in [-0.4, -0.2) is 24.2 Å². The molecule has 30 heavy (non-hydrogen) atoms. The smallest absolute Gasteiger partial charge is 0.340 e. The summed E-state index contributed by atoms with van der Waals surface area (Å²) < 4.78 is 43.3. The van der Waals surface area contributed by atoms with Crippen LogP contribution in [0.3, 0.4) is 0 Å². The topological polar surface area (TPSA) is 107 Å². The number of rotatable bonds is 4. The molecule has 0 saturated heterocycles. The highest BCUT2D eigenvalue weighted by molar-refractivity contribution is 7.92. The second kappa shape index (κ2) is 7.43. The average molecular weight is 444 g/mol. The van der Waals surface area contributed by atoms with E-state index in [1.807, 2.05) is 0 Å². The molecule has 1 radical (unpaired) electrons. The van der Waals surface area contributed by atoms with E-state index < -0.39 is 21.9 Å². The standard InChI is InChI=1S/C20H13ClFN4O3S/c21-16-3-1-2-4-17(16)30(28,29)25-14-8-5-12(6-9-14)15-10-7-13-11-24-26(20(23)27)19(13)18(15)22/h1-10,25H,(H2,23,27). The van der Waals surface area contributed by atoms with Crippen molar-refractivity contribution >= 4 is 44.2 Å². The molecule has 0 aliphatic carbocycles. The van der Waals surface area contributed by atoms with Crippen molar-refractivity contribution in [3.63, 3.8) is 0 Å². The molecule has 10 heteroatoms. The van der Waals surface area contributed by atoms with E-state index in [4.69, 9.17) is 17.3 Å². The van der Waals surface area contributed by atoms with Gasteiger partial charge in [0.25, 0.3) is 10.0 Å². The molecule has 0 atom stereocenters. The number of nitrogens with two attached hydrogens (primary N) is 1. The largest absolute Gasteiger partial charge is 0.350 e. The molecule has 1 heterocycles. The summed E-state index contributed by atoms with van der Waals surface area (Å²) in [6, 6.07) is 14.3. The van der Waals surface area contributed by atoms with Crippen molar-refractivity contribution in [2.75, 3.05) is 4.72 Å². The fourth-order valence-electron chi connectivity index (χ4n) is 2.99. The number of primary amides is 1. The van der Waals surface area contributed by atoms with Crippen LogP contribution in [-0.2, 0) is 10.0 Å². The number of hydrogen-bond acceptors (Lipinski definition) is 4. The predicted molar refractivity (Wildman–Crippen MR) is 111 cm³/mol. The summed E-state index contributed by atoms with van der Waals surface area (Å²) in [5.74, 6) is -0.690. The van der Waals surface area contributed by atoms with Crippen molar-refractivity contribution in [3.8, 4) is 11.1 Å². The van der Waals surface area contributed by atoms with Gasteiger partial charge in [-0.3, -0.25) is 4.72 Å². The van der Waals surface area contributed by atoms with Crippen molar-refractivity contribution in [1.29, 1.82) is 0 Å². The van der Waals surface area contributed by atoms with Gasteiger partial charge in [-0.15, -0.1) is 0 Å². The van der Waals surface area contributed by atoms with Gasteiger partial charge >= 0.3 is 6.03 Å². The third kappa shape index (κ3) is 3.49. The molecule has 0 spiro atoms. The molecule has 0 unspecified atom stereocenters. The maximum atomic E-state index is 15.0. The number of anilines is 1. The molecule has 1 amide bonds. The SMILES string of the molecule is NC(=O)n1n[c]c2ccc(-c3ccc(NS(=O)(=O)c4ccccc4Cl)cc3)c(F)c21. The van der Waals surface area contributed by atoms with E-state index in [2.05, 4.69) is 16.0 Å². The van der Waals surface area contributed by atoms with Crippen LogP contribution in [0.5, 0.6) is 0 Å². The third-order valence-electron chi connectivity index (χ3n) is 4.38. The minimum absolute atomic E-state index is 0.0526. The van der Waals surface area contributed by atoms with Crippen LogP contribution >= 0.6 is 11.6 Å². The Morgan fingerprint density at radius 1 is 1.10 bits per heavy atom. The molecule has 0 aliphatic rings. The quantitative estimate of drug-likeness (QED) is 0.496. The fourth-order valence-corrected chi connectivity index (χ4v) is 4.57. The Bertz CT molecular complexity index is 1390. The van der Waals surface area contributed by atoms with Crippen LogP contribution in [0.4, 0.5) is 14.9 Å². The first-order valence-corrected chi connectivity index (χ1v) is 10.4. The Morgan fingerprint density at radius 3 is 2.47 bits per heavy atom. The van der Waals surface area contributed by atoms with Gasteiger partial charge < -0.3 is 5.73 Å². The molecule has 4 aromatic rings. The molecular weight excluding hydrogens is 431 g/mol. The summed E-state index contributed by atoms with van der Waals surface area (Å²) >= 11 is 5.97. The normalized spacial score (nSPS) is 11.5. The number of aromatic nitrogens is 2. The van der Waals surface area contributed by atoms with Crippen LogP contribution in [0.1, 0.15) is 0 Å². The van der Waals surface area contributed by atoms with Crippen molar-refractivity contribution in [2.45, 2.75) is 4.90 Å². The predicted octanol–water partition coefficient (Wildman–Crippen LogP) is 4.02. The number of nitrogens with one attached hydrogen (secondary N) is 1. The average Bonchev–Trinajstić information content (AvgIpc) is 3.14. The lowest BCUT2D eigenvalue weighted by atomic mass is 10.0. The molecule has 1 aromatic heterocycles. The van der Waals surface area contributed by atoms with Crippen LogP contribution in [0, 0.1) is 12.0 Å². The maximum absolute atomic E-state index is 15.0. The van der Waals surface area contributed by atoms with E-state index in [0.29, 0.717) is 10.9 Å². The first kappa shape index (κ1) is 19.9. The minimum atomic E-state index is -3.89. The van der Waals surface area contributed by atoms with E-state index in [0.717, 1.165) is 4.68 Å². The third-order valence-corrected chi connectivity index (χ3v) is 6.26. The molecule has 3 N–H and O–H groups in total. The van der Waals surface area contributed by atoms with Gasteiger partial charge in [-0.05, 0) is 35.9 Å². The molecule has 4 rings (SSSR count). The zero-order chi connectivity index (χ0) is 21.5. The van der Waals surface area contributed by atoms with E-state index in [-0.39, 0.29) is 26.7 Å². The number of halogens is 2. The Labute approximate surface area is 175 Å². The number of amides is 1. The Kier molecular flexibility index (Phi) is 4.92. The Balaban J connectivity index is 1.68. The molecule has 0 aliphatic heterocycles. The molecule has 0 fully saturated rings. The lowest BCUT2D eigenvalue weighted by Gasteiger charge is -2.11. The molecular formula is C20H13ClFN4O3S. The molecule has 0 saturated carbocycles. The summed E-state index contributed by atoms with van der Waals surface area (Å²) in [7, 11) is -3.89. The number of fused-ring (bicyclic) bond motifs is 1. The fraction of sp³-hybridized carbons (Fsp3) is 0. The summed E-state index contributed by atoms with van der Waals surface area (Å²) in [5, 5.41) is 4.07. The number of carbonyl (C=O) groups excluding carboxylic acids is 1. The van der Waals surface area contributed by atoms with Gasteiger partial charge in [0, 0.05) is 16.6 Å². The van der Waals surface area contributed by atoms with Crippen LogP contribution < -0.4 is 10.5 Å². The molecule has 3 aromatic carbocycles. The number of nitrogens with zero attached hydrogens (tertiary/aromatic N) is 2. The van der Waals surface area contributed by atoms with Crippen LogP contribution in [0.25, 0.3) is 22.0 Å². The monoisotopic (exact) mass is 443 g/mol. The summed E-state index contributed by atoms with van der Waals surface area (Å²) in [4.78, 5) is 11.4. The van der Waals surface area contributed by atoms with Crippen molar-refractivity contribution in [3.05, 3.63) is 77.7 Å². The molecule has 151 valence electrons. The lowest BCUT2D eigenvalue weighted by molar-refractivity contribution is 0.248. The van der Waals surface area contributed by atoms with Gasteiger partial charge in [-0.2, -0.15) is 9.78 Å². The molecule has 7 nitrogen and oxygen atoms in total. The number of hydrogen-bond donors (Lipinski definition) is 2. The van der Waals surface area contributed by atoms with E-state index in [9.17, 15) is 13.2 Å². The van der Waals surface area contributed by atoms with Crippen molar-refractivity contribution in [2.24, 2.45) is 5.73 Å². The number of benzene rings is 3. The Hall–Kier alpha value is -3.43. The zero-order valence-electron chi connectivity index (χ0n) is 15.1. The van der Waals surface area contributed by atoms with Gasteiger partial charge in [0.2, 0.25) is 0 Å². The van der Waals surface area contributed by atoms with E-state index in [1.165, 1.54) is 30.3 Å². The lowest BCUT2D eigenvalue weighted by Crippen LogP contribution is -2.21. The molecule has 0 bridgehead atoms. The number of sulfonamides is 1. The summed E-state index contributed by atoms with van der Waals surface area (Å²) in [6.45, 7) is 0. The van der Waals surface area contributed by atoms with Crippen LogP contribution in [0.15, 0.2) is 65.6 Å². The van der Waals surface area contributed by atoms with Gasteiger partial charge in [0.15, 0.2) is 5.82 Å².